The van der Waals surface area contributed by atoms with Crippen molar-refractivity contribution in [3.05, 3.63) is 30.4 Å². The lowest BCUT2D eigenvalue weighted by Gasteiger charge is -2.34. The smallest absolute Gasteiger partial charge is 0.219 e. The number of H-pyrrole nitrogens is 1. The van der Waals surface area contributed by atoms with Crippen molar-refractivity contribution in [3.63, 3.8) is 0 Å². The number of halogens is 1. The number of amides is 1. The van der Waals surface area contributed by atoms with Crippen molar-refractivity contribution < 1.29 is 9.18 Å². The lowest BCUT2D eigenvalue weighted by molar-refractivity contribution is -0.131. The molecule has 0 unspecified atom stereocenters. The van der Waals surface area contributed by atoms with Crippen molar-refractivity contribution in [2.45, 2.75) is 52.4 Å². The number of aromatic amines is 1. The molecule has 4 rings (SSSR count). The number of nitrogens with zero attached hydrogens (tertiary/aromatic N) is 4. The van der Waals surface area contributed by atoms with E-state index < -0.39 is 6.17 Å². The fourth-order valence-corrected chi connectivity index (χ4v) is 4.13. The number of hydrogen-bond acceptors (Lipinski definition) is 4. The van der Waals surface area contributed by atoms with Gasteiger partial charge in [0.25, 0.3) is 0 Å². The van der Waals surface area contributed by atoms with Gasteiger partial charge >= 0.3 is 0 Å². The van der Waals surface area contributed by atoms with Crippen LogP contribution in [0.4, 0.5) is 10.1 Å². The Hall–Kier alpha value is -2.90. The Morgan fingerprint density at radius 2 is 2.14 bits per heavy atom. The largest absolute Gasteiger partial charge is 0.382 e. The molecule has 2 N–H and O–H groups in total. The number of nitrogens with one attached hydrogen (secondary N) is 2. The van der Waals surface area contributed by atoms with Crippen LogP contribution in [0.5, 0.6) is 0 Å². The molecule has 3 aromatic heterocycles. The minimum Gasteiger partial charge on any atom is -0.382 e. The Morgan fingerprint density at radius 1 is 1.34 bits per heavy atom. The number of rotatable bonds is 4. The van der Waals surface area contributed by atoms with Gasteiger partial charge in [0.1, 0.15) is 11.8 Å². The predicted octanol–water partition coefficient (Wildman–Crippen LogP) is 3.69. The number of piperidine rings is 1. The van der Waals surface area contributed by atoms with Gasteiger partial charge in [-0.2, -0.15) is 5.10 Å². The van der Waals surface area contributed by atoms with E-state index in [1.165, 1.54) is 6.92 Å². The first-order chi connectivity index (χ1) is 13.9. The summed E-state index contributed by atoms with van der Waals surface area (Å²) in [5.41, 5.74) is 4.60. The van der Waals surface area contributed by atoms with Crippen LogP contribution in [-0.4, -0.2) is 55.9 Å². The number of aromatic nitrogens is 4. The number of fused-ring (bicyclic) bond motifs is 1. The van der Waals surface area contributed by atoms with Crippen LogP contribution in [0.3, 0.4) is 0 Å². The number of likely N-dealkylation sites (tertiary alicyclic amines) is 1. The minimum atomic E-state index is -1.14. The van der Waals surface area contributed by atoms with Gasteiger partial charge < -0.3 is 15.2 Å². The second-order valence-electron chi connectivity index (χ2n) is 8.01. The van der Waals surface area contributed by atoms with Crippen LogP contribution in [0, 0.1) is 6.92 Å². The first kappa shape index (κ1) is 19.4. The number of alkyl halides is 1. The lowest BCUT2D eigenvalue weighted by atomic mass is 10.0. The van der Waals surface area contributed by atoms with Crippen molar-refractivity contribution in [2.75, 3.05) is 18.4 Å². The van der Waals surface area contributed by atoms with Crippen LogP contribution in [0.15, 0.2) is 24.7 Å². The molecule has 1 fully saturated rings. The monoisotopic (exact) mass is 398 g/mol. The average Bonchev–Trinajstić information content (AvgIpc) is 3.29. The summed E-state index contributed by atoms with van der Waals surface area (Å²) in [5, 5.41) is 9.08. The van der Waals surface area contributed by atoms with Gasteiger partial charge in [-0.3, -0.25) is 9.48 Å². The van der Waals surface area contributed by atoms with Crippen molar-refractivity contribution in [2.24, 2.45) is 0 Å². The highest BCUT2D eigenvalue weighted by Gasteiger charge is 2.33. The molecule has 0 saturated carbocycles. The van der Waals surface area contributed by atoms with Gasteiger partial charge in [-0.25, -0.2) is 9.37 Å². The third-order valence-electron chi connectivity index (χ3n) is 5.62. The van der Waals surface area contributed by atoms with Crippen LogP contribution in [-0.2, 0) is 4.79 Å². The molecule has 3 aromatic rings. The van der Waals surface area contributed by atoms with E-state index in [1.807, 2.05) is 25.4 Å². The molecule has 7 nitrogen and oxygen atoms in total. The van der Waals surface area contributed by atoms with E-state index in [4.69, 9.17) is 0 Å². The second-order valence-corrected chi connectivity index (χ2v) is 8.01. The van der Waals surface area contributed by atoms with Crippen molar-refractivity contribution in [1.29, 1.82) is 0 Å². The first-order valence-electron chi connectivity index (χ1n) is 10.0. The molecule has 1 amide bonds. The third kappa shape index (κ3) is 3.47. The van der Waals surface area contributed by atoms with E-state index in [1.54, 1.807) is 15.8 Å². The Morgan fingerprint density at radius 3 is 2.83 bits per heavy atom. The maximum Gasteiger partial charge on any atom is 0.219 e. The Labute approximate surface area is 169 Å². The molecule has 0 spiro atoms. The molecule has 0 aromatic carbocycles. The highest BCUT2D eigenvalue weighted by Crippen LogP contribution is 2.37. The molecule has 8 heteroatoms. The van der Waals surface area contributed by atoms with Gasteiger partial charge in [-0.15, -0.1) is 0 Å². The normalized spacial score (nSPS) is 19.9. The maximum atomic E-state index is 14.9. The van der Waals surface area contributed by atoms with Crippen molar-refractivity contribution in [3.8, 4) is 11.1 Å². The first-order valence-corrected chi connectivity index (χ1v) is 10.0. The zero-order valence-corrected chi connectivity index (χ0v) is 17.2. The van der Waals surface area contributed by atoms with E-state index in [0.29, 0.717) is 13.0 Å². The Bertz CT molecular complexity index is 1040. The summed E-state index contributed by atoms with van der Waals surface area (Å²) >= 11 is 0. The number of pyridine rings is 1. The average molecular weight is 398 g/mol. The van der Waals surface area contributed by atoms with Crippen LogP contribution < -0.4 is 5.32 Å². The van der Waals surface area contributed by atoms with Gasteiger partial charge in [0.15, 0.2) is 0 Å². The van der Waals surface area contributed by atoms with Gasteiger partial charge in [-0.1, -0.05) is 0 Å². The quantitative estimate of drug-likeness (QED) is 0.703. The molecule has 4 heterocycles. The van der Waals surface area contributed by atoms with Crippen LogP contribution >= 0.6 is 0 Å². The maximum absolute atomic E-state index is 14.9. The fraction of sp³-hybridized carbons (Fsp3) is 0.476. The van der Waals surface area contributed by atoms with Gasteiger partial charge in [0.2, 0.25) is 5.91 Å². The molecule has 154 valence electrons. The molecular weight excluding hydrogens is 371 g/mol. The number of anilines is 1. The minimum absolute atomic E-state index is 0.0840. The fourth-order valence-electron chi connectivity index (χ4n) is 4.13. The standard InChI is InChI=1S/C21H27FN6O/c1-12(2)26-20-15-5-7-23-21(15)24-9-17(20)16-10-25-28(13(16)3)19-6-8-27(14(4)29)11-18(19)22/h5,7,9-10,12,18-19H,6,8,11H2,1-4H3,(H2,23,24,26)/t18-,19-/m0/s1. The molecule has 0 radical (unpaired) electrons. The Balaban J connectivity index is 1.72. The summed E-state index contributed by atoms with van der Waals surface area (Å²) in [6.07, 6.45) is 4.91. The summed E-state index contributed by atoms with van der Waals surface area (Å²) in [4.78, 5) is 20.8. The molecule has 29 heavy (non-hydrogen) atoms. The number of hydrogen-bond donors (Lipinski definition) is 2. The molecule has 0 bridgehead atoms. The van der Waals surface area contributed by atoms with E-state index >= 15 is 0 Å². The highest BCUT2D eigenvalue weighted by atomic mass is 19.1. The van der Waals surface area contributed by atoms with Gasteiger partial charge in [0, 0.05) is 54.1 Å². The summed E-state index contributed by atoms with van der Waals surface area (Å²) in [5.74, 6) is -0.0840. The number of carbonyl (C=O) groups excluding carboxylic acids is 1. The van der Waals surface area contributed by atoms with Gasteiger partial charge in [0.05, 0.1) is 24.5 Å². The topological polar surface area (TPSA) is 78.8 Å². The van der Waals surface area contributed by atoms with Crippen molar-refractivity contribution >= 4 is 22.6 Å². The van der Waals surface area contributed by atoms with E-state index in [2.05, 4.69) is 34.2 Å². The van der Waals surface area contributed by atoms with E-state index in [9.17, 15) is 9.18 Å². The summed E-state index contributed by atoms with van der Waals surface area (Å²) in [6, 6.07) is 1.88. The Kier molecular flexibility index (Phi) is 5.02. The predicted molar refractivity (Wildman–Crippen MR) is 112 cm³/mol. The van der Waals surface area contributed by atoms with Crippen LogP contribution in [0.2, 0.25) is 0 Å². The number of carbonyl (C=O) groups is 1. The molecule has 0 aliphatic carbocycles. The van der Waals surface area contributed by atoms with E-state index in [-0.39, 0.29) is 24.5 Å². The third-order valence-corrected chi connectivity index (χ3v) is 5.62. The SMILES string of the molecule is CC(=O)N1CC[C@H](n2ncc(-c3cnc4[nH]ccc4c3NC(C)C)c2C)[C@@H](F)C1. The lowest BCUT2D eigenvalue weighted by Crippen LogP contribution is -2.45. The van der Waals surface area contributed by atoms with Gasteiger partial charge in [-0.05, 0) is 33.3 Å². The van der Waals surface area contributed by atoms with E-state index in [0.717, 1.165) is 33.5 Å². The molecule has 1 aliphatic rings. The molecular formula is C21H27FN6O. The zero-order valence-electron chi connectivity index (χ0n) is 17.2. The highest BCUT2D eigenvalue weighted by molar-refractivity contribution is 5.98. The van der Waals surface area contributed by atoms with Crippen LogP contribution in [0.25, 0.3) is 22.2 Å². The summed E-state index contributed by atoms with van der Waals surface area (Å²) in [6.45, 7) is 8.30. The van der Waals surface area contributed by atoms with Crippen molar-refractivity contribution in [1.82, 2.24) is 24.6 Å². The zero-order chi connectivity index (χ0) is 20.7. The van der Waals surface area contributed by atoms with Crippen LogP contribution in [0.1, 0.15) is 38.9 Å². The summed E-state index contributed by atoms with van der Waals surface area (Å²) in [7, 11) is 0. The second kappa shape index (κ2) is 7.50. The molecule has 1 saturated heterocycles. The molecule has 2 atom stereocenters. The summed E-state index contributed by atoms with van der Waals surface area (Å²) < 4.78 is 16.6. The molecule has 1 aliphatic heterocycles.